The molecule has 0 unspecified atom stereocenters. The summed E-state index contributed by atoms with van der Waals surface area (Å²) in [6.07, 6.45) is 0.641. The van der Waals surface area contributed by atoms with Gasteiger partial charge in [-0.2, -0.15) is 4.99 Å². The van der Waals surface area contributed by atoms with Crippen molar-refractivity contribution in [2.75, 3.05) is 0 Å². The minimum absolute atomic E-state index is 0.0585. The number of aliphatic imine (C=N–C) groups is 1. The van der Waals surface area contributed by atoms with E-state index in [9.17, 15) is 4.79 Å². The molecule has 0 aliphatic carbocycles. The van der Waals surface area contributed by atoms with Gasteiger partial charge >= 0.3 is 0 Å². The van der Waals surface area contributed by atoms with Gasteiger partial charge in [0.25, 0.3) is 0 Å². The summed E-state index contributed by atoms with van der Waals surface area (Å²) in [5, 5.41) is 1.97. The van der Waals surface area contributed by atoms with Gasteiger partial charge in [-0.05, 0) is 0 Å². The van der Waals surface area contributed by atoms with E-state index in [2.05, 4.69) is 9.98 Å². The predicted octanol–water partition coefficient (Wildman–Crippen LogP) is -0.139. The van der Waals surface area contributed by atoms with Crippen molar-refractivity contribution in [2.24, 2.45) is 16.5 Å². The molecule has 5 nitrogen and oxygen atoms in total. The molecule has 4 N–H and O–H groups in total. The third-order valence-corrected chi connectivity index (χ3v) is 1.61. The molecule has 0 atom stereocenters. The van der Waals surface area contributed by atoms with E-state index in [1.165, 1.54) is 11.3 Å². The number of guanidine groups is 1. The highest BCUT2D eigenvalue weighted by atomic mass is 32.1. The van der Waals surface area contributed by atoms with E-state index < -0.39 is 0 Å². The van der Waals surface area contributed by atoms with Gasteiger partial charge in [0.05, 0.1) is 0 Å². The lowest BCUT2D eigenvalue weighted by molar-refractivity contribution is 0.111. The maximum atomic E-state index is 10.1. The molecule has 1 heterocycles. The van der Waals surface area contributed by atoms with Crippen LogP contribution in [0.5, 0.6) is 0 Å². The minimum atomic E-state index is -0.0585. The summed E-state index contributed by atoms with van der Waals surface area (Å²) in [6, 6.07) is 0. The fraction of sp³-hybridized carbons (Fsp3) is 0. The van der Waals surface area contributed by atoms with E-state index in [0.29, 0.717) is 17.1 Å². The van der Waals surface area contributed by atoms with Gasteiger partial charge in [0.15, 0.2) is 12.2 Å². The number of hydrogen-bond acceptors (Lipinski definition) is 4. The first-order valence-electron chi connectivity index (χ1n) is 2.72. The number of carbonyl (C=O) groups is 1. The molecule has 0 spiro atoms. The molecule has 0 amide bonds. The van der Waals surface area contributed by atoms with Crippen molar-refractivity contribution in [2.45, 2.75) is 0 Å². The van der Waals surface area contributed by atoms with Crippen LogP contribution >= 0.6 is 11.3 Å². The van der Waals surface area contributed by atoms with E-state index in [1.807, 2.05) is 0 Å². The summed E-state index contributed by atoms with van der Waals surface area (Å²) in [5.74, 6) is -0.0585. The Balaban J connectivity index is 2.89. The lowest BCUT2D eigenvalue weighted by Gasteiger charge is -1.84. The van der Waals surface area contributed by atoms with Gasteiger partial charge in [0, 0.05) is 5.38 Å². The van der Waals surface area contributed by atoms with Crippen LogP contribution in [0.25, 0.3) is 0 Å². The van der Waals surface area contributed by atoms with Gasteiger partial charge in [0.1, 0.15) is 5.69 Å². The first-order chi connectivity index (χ1) is 5.22. The molecule has 1 aromatic heterocycles. The van der Waals surface area contributed by atoms with Crippen LogP contribution in [0.15, 0.2) is 10.4 Å². The molecular weight excluding hydrogens is 164 g/mol. The van der Waals surface area contributed by atoms with Crippen LogP contribution < -0.4 is 11.5 Å². The second kappa shape index (κ2) is 3.11. The summed E-state index contributed by atoms with van der Waals surface area (Å²) in [6.45, 7) is 0. The van der Waals surface area contributed by atoms with Crippen LogP contribution in [0.2, 0.25) is 0 Å². The Morgan fingerprint density at radius 3 is 2.91 bits per heavy atom. The number of thiazole rings is 1. The average molecular weight is 170 g/mol. The average Bonchev–Trinajstić information content (AvgIpc) is 2.34. The molecule has 58 valence electrons. The second-order valence-corrected chi connectivity index (χ2v) is 2.55. The maximum Gasteiger partial charge on any atom is 0.212 e. The molecular formula is C5H6N4OS. The number of nitrogens with zero attached hydrogens (tertiary/aromatic N) is 2. The Labute approximate surface area is 66.8 Å². The molecule has 0 bridgehead atoms. The molecule has 0 aromatic carbocycles. The van der Waals surface area contributed by atoms with Crippen molar-refractivity contribution in [3.05, 3.63) is 11.1 Å². The van der Waals surface area contributed by atoms with Crippen molar-refractivity contribution in [3.63, 3.8) is 0 Å². The zero-order valence-electron chi connectivity index (χ0n) is 5.52. The molecule has 0 saturated heterocycles. The molecule has 0 fully saturated rings. The fourth-order valence-electron chi connectivity index (χ4n) is 0.492. The minimum Gasteiger partial charge on any atom is -0.370 e. The Morgan fingerprint density at radius 1 is 1.73 bits per heavy atom. The second-order valence-electron chi connectivity index (χ2n) is 1.71. The van der Waals surface area contributed by atoms with E-state index in [1.54, 1.807) is 5.38 Å². The van der Waals surface area contributed by atoms with Gasteiger partial charge in [-0.3, -0.25) is 4.79 Å². The number of aromatic nitrogens is 1. The van der Waals surface area contributed by atoms with Crippen LogP contribution in [-0.4, -0.2) is 17.2 Å². The molecule has 11 heavy (non-hydrogen) atoms. The summed E-state index contributed by atoms with van der Waals surface area (Å²) < 4.78 is 0. The standard InChI is InChI=1S/C5H6N4OS/c6-4(7)9-5-8-3(1-10)2-11-5/h1-2H,(H4,6,7,8,9). The lowest BCUT2D eigenvalue weighted by atomic mass is 10.6. The molecule has 0 aliphatic heterocycles. The Bertz CT molecular complexity index is 288. The third-order valence-electron chi connectivity index (χ3n) is 0.855. The monoisotopic (exact) mass is 170 g/mol. The molecule has 0 saturated carbocycles. The Kier molecular flexibility index (Phi) is 2.17. The van der Waals surface area contributed by atoms with E-state index in [-0.39, 0.29) is 5.96 Å². The summed E-state index contributed by atoms with van der Waals surface area (Å²) in [7, 11) is 0. The quantitative estimate of drug-likeness (QED) is 0.367. The zero-order valence-corrected chi connectivity index (χ0v) is 6.34. The highest BCUT2D eigenvalue weighted by Gasteiger charge is 1.97. The lowest BCUT2D eigenvalue weighted by Crippen LogP contribution is -2.21. The van der Waals surface area contributed by atoms with Crippen molar-refractivity contribution >= 4 is 28.7 Å². The van der Waals surface area contributed by atoms with Crippen LogP contribution in [0, 0.1) is 0 Å². The highest BCUT2D eigenvalue weighted by molar-refractivity contribution is 7.13. The Hall–Kier alpha value is -1.43. The molecule has 0 aliphatic rings. The van der Waals surface area contributed by atoms with Crippen LogP contribution in [0.4, 0.5) is 5.13 Å². The highest BCUT2D eigenvalue weighted by Crippen LogP contribution is 2.16. The molecule has 0 radical (unpaired) electrons. The van der Waals surface area contributed by atoms with Crippen LogP contribution in [0.3, 0.4) is 0 Å². The van der Waals surface area contributed by atoms with E-state index in [4.69, 9.17) is 11.5 Å². The Morgan fingerprint density at radius 2 is 2.45 bits per heavy atom. The number of carbonyl (C=O) groups excluding carboxylic acids is 1. The van der Waals surface area contributed by atoms with Gasteiger partial charge < -0.3 is 11.5 Å². The van der Waals surface area contributed by atoms with Crippen molar-refractivity contribution < 1.29 is 4.79 Å². The first kappa shape index (κ1) is 7.67. The summed E-state index contributed by atoms with van der Waals surface area (Å²) >= 11 is 1.21. The number of hydrogen-bond donors (Lipinski definition) is 2. The molecule has 1 aromatic rings. The SMILES string of the molecule is NC(N)=Nc1nc(C=O)cs1. The van der Waals surface area contributed by atoms with Crippen LogP contribution in [-0.2, 0) is 0 Å². The summed E-state index contributed by atoms with van der Waals surface area (Å²) in [4.78, 5) is 17.6. The molecule has 6 heteroatoms. The third kappa shape index (κ3) is 2.01. The van der Waals surface area contributed by atoms with Gasteiger partial charge in [-0.25, -0.2) is 4.98 Å². The number of nitrogens with two attached hydrogens (primary N) is 2. The van der Waals surface area contributed by atoms with Crippen molar-refractivity contribution in [3.8, 4) is 0 Å². The summed E-state index contributed by atoms with van der Waals surface area (Å²) in [5.41, 5.74) is 10.5. The predicted molar refractivity (Wildman–Crippen MR) is 43.0 cm³/mol. The largest absolute Gasteiger partial charge is 0.370 e. The fourth-order valence-corrected chi connectivity index (χ4v) is 1.14. The van der Waals surface area contributed by atoms with Crippen LogP contribution in [0.1, 0.15) is 10.5 Å². The van der Waals surface area contributed by atoms with Crippen molar-refractivity contribution in [1.29, 1.82) is 0 Å². The zero-order chi connectivity index (χ0) is 8.27. The van der Waals surface area contributed by atoms with E-state index in [0.717, 1.165) is 0 Å². The number of rotatable bonds is 2. The smallest absolute Gasteiger partial charge is 0.212 e. The van der Waals surface area contributed by atoms with Gasteiger partial charge in [-0.15, -0.1) is 11.3 Å². The van der Waals surface area contributed by atoms with Gasteiger partial charge in [0.2, 0.25) is 5.13 Å². The normalized spacial score (nSPS) is 9.09. The maximum absolute atomic E-state index is 10.1. The van der Waals surface area contributed by atoms with Gasteiger partial charge in [-0.1, -0.05) is 0 Å². The van der Waals surface area contributed by atoms with Crippen molar-refractivity contribution in [1.82, 2.24) is 4.98 Å². The first-order valence-corrected chi connectivity index (χ1v) is 3.60. The van der Waals surface area contributed by atoms with E-state index >= 15 is 0 Å². The number of aldehydes is 1. The molecule has 1 rings (SSSR count). The topological polar surface area (TPSA) is 94.4 Å².